The van der Waals surface area contributed by atoms with E-state index in [0.717, 1.165) is 19.0 Å². The smallest absolute Gasteiger partial charge is 0.255 e. The second kappa shape index (κ2) is 6.77. The van der Waals surface area contributed by atoms with Gasteiger partial charge in [0.25, 0.3) is 5.91 Å². The van der Waals surface area contributed by atoms with Gasteiger partial charge in [-0.15, -0.1) is 0 Å². The molecule has 2 aromatic rings. The molecule has 1 aromatic carbocycles. The molecule has 1 aliphatic heterocycles. The van der Waals surface area contributed by atoms with Crippen LogP contribution in [0.2, 0.25) is 0 Å². The molecular weight excluding hydrogens is 288 g/mol. The van der Waals surface area contributed by atoms with E-state index in [-0.39, 0.29) is 5.91 Å². The number of nitrogens with one attached hydrogen (secondary N) is 1. The highest BCUT2D eigenvalue weighted by Gasteiger charge is 2.15. The van der Waals surface area contributed by atoms with E-state index in [1.807, 2.05) is 24.3 Å². The lowest BCUT2D eigenvalue weighted by atomic mass is 10.0. The van der Waals surface area contributed by atoms with Crippen molar-refractivity contribution in [3.05, 3.63) is 47.8 Å². The van der Waals surface area contributed by atoms with Crippen molar-refractivity contribution in [1.29, 1.82) is 0 Å². The van der Waals surface area contributed by atoms with Crippen LogP contribution in [0.1, 0.15) is 48.5 Å². The van der Waals surface area contributed by atoms with Gasteiger partial charge in [-0.25, -0.2) is 9.97 Å². The number of benzene rings is 1. The highest BCUT2D eigenvalue weighted by molar-refractivity contribution is 6.04. The van der Waals surface area contributed by atoms with Crippen LogP contribution in [0.25, 0.3) is 0 Å². The third-order valence-electron chi connectivity index (χ3n) is 4.12. The van der Waals surface area contributed by atoms with Gasteiger partial charge >= 0.3 is 0 Å². The van der Waals surface area contributed by atoms with Crippen molar-refractivity contribution in [2.45, 2.75) is 32.6 Å². The molecule has 2 heterocycles. The Morgan fingerprint density at radius 1 is 1.09 bits per heavy atom. The van der Waals surface area contributed by atoms with Gasteiger partial charge in [-0.1, -0.05) is 26.0 Å². The van der Waals surface area contributed by atoms with Gasteiger partial charge in [-0.05, 0) is 36.5 Å². The molecule has 1 N–H and O–H groups in total. The highest BCUT2D eigenvalue weighted by atomic mass is 16.1. The monoisotopic (exact) mass is 310 g/mol. The first kappa shape index (κ1) is 15.5. The molecule has 120 valence electrons. The molecule has 0 saturated carbocycles. The molecule has 0 aliphatic carbocycles. The summed E-state index contributed by atoms with van der Waals surface area (Å²) in [5, 5.41) is 2.84. The van der Waals surface area contributed by atoms with Gasteiger partial charge in [-0.3, -0.25) is 4.79 Å². The maximum absolute atomic E-state index is 12.3. The number of anilines is 2. The summed E-state index contributed by atoms with van der Waals surface area (Å²) in [5.41, 5.74) is 2.48. The van der Waals surface area contributed by atoms with Crippen molar-refractivity contribution in [2.24, 2.45) is 0 Å². The molecule has 0 spiro atoms. The average Bonchev–Trinajstić information content (AvgIpc) is 3.10. The maximum Gasteiger partial charge on any atom is 0.255 e. The first-order chi connectivity index (χ1) is 11.1. The van der Waals surface area contributed by atoms with E-state index < -0.39 is 0 Å². The number of aromatic nitrogens is 2. The fourth-order valence-electron chi connectivity index (χ4n) is 2.69. The second-order valence-corrected chi connectivity index (χ2v) is 6.20. The Balaban J connectivity index is 1.65. The van der Waals surface area contributed by atoms with Crippen LogP contribution in [-0.4, -0.2) is 29.0 Å². The van der Waals surface area contributed by atoms with Gasteiger partial charge in [-0.2, -0.15) is 0 Å². The molecule has 1 amide bonds. The van der Waals surface area contributed by atoms with E-state index in [0.29, 0.717) is 17.2 Å². The van der Waals surface area contributed by atoms with E-state index >= 15 is 0 Å². The van der Waals surface area contributed by atoms with E-state index in [1.165, 1.54) is 18.4 Å². The average molecular weight is 310 g/mol. The van der Waals surface area contributed by atoms with Crippen LogP contribution >= 0.6 is 0 Å². The molecule has 1 aliphatic rings. The molecule has 5 nitrogen and oxygen atoms in total. The molecular formula is C18H22N4O. The Labute approximate surface area is 136 Å². The van der Waals surface area contributed by atoms with Gasteiger partial charge < -0.3 is 10.2 Å². The van der Waals surface area contributed by atoms with Crippen LogP contribution in [0.15, 0.2) is 36.7 Å². The molecule has 1 saturated heterocycles. The first-order valence-electron chi connectivity index (χ1n) is 8.12. The summed E-state index contributed by atoms with van der Waals surface area (Å²) in [6.07, 6.45) is 5.71. The van der Waals surface area contributed by atoms with Crippen molar-refractivity contribution in [2.75, 3.05) is 23.3 Å². The minimum Gasteiger partial charge on any atom is -0.341 e. The normalized spacial score (nSPS) is 14.3. The standard InChI is InChI=1S/C18H22N4O/c1-13(2)14-5-7-15(8-6-14)17(23)21-16-11-19-18(20-12-16)22-9-3-4-10-22/h5-8,11-13H,3-4,9-10H2,1-2H3,(H,21,23). The Hall–Kier alpha value is -2.43. The van der Waals surface area contributed by atoms with Gasteiger partial charge in [0, 0.05) is 18.7 Å². The van der Waals surface area contributed by atoms with Crippen LogP contribution in [0.5, 0.6) is 0 Å². The fourth-order valence-corrected chi connectivity index (χ4v) is 2.69. The van der Waals surface area contributed by atoms with Crippen molar-refractivity contribution >= 4 is 17.5 Å². The van der Waals surface area contributed by atoms with Gasteiger partial charge in [0.15, 0.2) is 0 Å². The van der Waals surface area contributed by atoms with Crippen LogP contribution in [0, 0.1) is 0 Å². The number of hydrogen-bond donors (Lipinski definition) is 1. The summed E-state index contributed by atoms with van der Waals surface area (Å²) in [7, 11) is 0. The maximum atomic E-state index is 12.3. The third kappa shape index (κ3) is 3.67. The second-order valence-electron chi connectivity index (χ2n) is 6.20. The lowest BCUT2D eigenvalue weighted by Gasteiger charge is -2.14. The Kier molecular flexibility index (Phi) is 4.55. The molecule has 3 rings (SSSR count). The molecule has 23 heavy (non-hydrogen) atoms. The number of carbonyl (C=O) groups excluding carboxylic acids is 1. The lowest BCUT2D eigenvalue weighted by Crippen LogP contribution is -2.20. The molecule has 0 atom stereocenters. The fraction of sp³-hybridized carbons (Fsp3) is 0.389. The largest absolute Gasteiger partial charge is 0.341 e. The van der Waals surface area contributed by atoms with Gasteiger partial charge in [0.05, 0.1) is 18.1 Å². The summed E-state index contributed by atoms with van der Waals surface area (Å²) in [6.45, 7) is 6.28. The predicted molar refractivity (Wildman–Crippen MR) is 92.0 cm³/mol. The topological polar surface area (TPSA) is 58.1 Å². The van der Waals surface area contributed by atoms with E-state index in [2.05, 4.69) is 34.0 Å². The number of carbonyl (C=O) groups is 1. The summed E-state index contributed by atoms with van der Waals surface area (Å²) in [4.78, 5) is 23.1. The Morgan fingerprint density at radius 2 is 1.70 bits per heavy atom. The predicted octanol–water partition coefficient (Wildman–Crippen LogP) is 3.45. The molecule has 5 heteroatoms. The number of nitrogens with zero attached hydrogens (tertiary/aromatic N) is 3. The number of hydrogen-bond acceptors (Lipinski definition) is 4. The summed E-state index contributed by atoms with van der Waals surface area (Å²) >= 11 is 0. The van der Waals surface area contributed by atoms with E-state index in [4.69, 9.17) is 0 Å². The quantitative estimate of drug-likeness (QED) is 0.939. The van der Waals surface area contributed by atoms with Crippen molar-refractivity contribution in [3.8, 4) is 0 Å². The van der Waals surface area contributed by atoms with Gasteiger partial charge in [0.2, 0.25) is 5.95 Å². The van der Waals surface area contributed by atoms with Crippen molar-refractivity contribution in [1.82, 2.24) is 9.97 Å². The van der Waals surface area contributed by atoms with E-state index in [9.17, 15) is 4.79 Å². The molecule has 0 unspecified atom stereocenters. The van der Waals surface area contributed by atoms with Crippen LogP contribution in [-0.2, 0) is 0 Å². The zero-order chi connectivity index (χ0) is 16.2. The highest BCUT2D eigenvalue weighted by Crippen LogP contribution is 2.18. The van der Waals surface area contributed by atoms with Gasteiger partial charge in [0.1, 0.15) is 0 Å². The zero-order valence-corrected chi connectivity index (χ0v) is 13.6. The molecule has 1 aromatic heterocycles. The van der Waals surface area contributed by atoms with Crippen molar-refractivity contribution in [3.63, 3.8) is 0 Å². The van der Waals surface area contributed by atoms with Crippen molar-refractivity contribution < 1.29 is 4.79 Å². The minimum atomic E-state index is -0.141. The summed E-state index contributed by atoms with van der Waals surface area (Å²) in [6, 6.07) is 7.69. The molecule has 0 bridgehead atoms. The van der Waals surface area contributed by atoms with Crippen LogP contribution < -0.4 is 10.2 Å². The number of amides is 1. The summed E-state index contributed by atoms with van der Waals surface area (Å²) in [5.74, 6) is 1.05. The summed E-state index contributed by atoms with van der Waals surface area (Å²) < 4.78 is 0. The number of rotatable bonds is 4. The minimum absolute atomic E-state index is 0.141. The molecule has 0 radical (unpaired) electrons. The first-order valence-corrected chi connectivity index (χ1v) is 8.12. The third-order valence-corrected chi connectivity index (χ3v) is 4.12. The lowest BCUT2D eigenvalue weighted by molar-refractivity contribution is 0.102. The van der Waals surface area contributed by atoms with Crippen LogP contribution in [0.4, 0.5) is 11.6 Å². The molecule has 1 fully saturated rings. The zero-order valence-electron chi connectivity index (χ0n) is 13.6. The Morgan fingerprint density at radius 3 is 2.26 bits per heavy atom. The van der Waals surface area contributed by atoms with E-state index in [1.54, 1.807) is 12.4 Å². The SMILES string of the molecule is CC(C)c1ccc(C(=O)Nc2cnc(N3CCCC3)nc2)cc1. The Bertz CT molecular complexity index is 658. The van der Waals surface area contributed by atoms with Crippen LogP contribution in [0.3, 0.4) is 0 Å².